The van der Waals surface area contributed by atoms with Crippen molar-refractivity contribution in [3.05, 3.63) is 59.9 Å². The van der Waals surface area contributed by atoms with Gasteiger partial charge in [0.15, 0.2) is 11.5 Å². The quantitative estimate of drug-likeness (QED) is 0.601. The zero-order chi connectivity index (χ0) is 19.0. The minimum absolute atomic E-state index is 0.0313. The van der Waals surface area contributed by atoms with E-state index in [4.69, 9.17) is 4.52 Å². The van der Waals surface area contributed by atoms with E-state index in [0.29, 0.717) is 17.1 Å². The summed E-state index contributed by atoms with van der Waals surface area (Å²) in [5.41, 5.74) is 3.48. The van der Waals surface area contributed by atoms with Gasteiger partial charge in [0.25, 0.3) is 5.91 Å². The van der Waals surface area contributed by atoms with Crippen LogP contribution in [0.15, 0.2) is 53.1 Å². The molecule has 0 aliphatic carbocycles. The standard InChI is InChI=1S/C20H19N5O2/c1-12(2)21-20(26)18-13(3)25(24-22-18)15-9-10-17-16(11-15)19(27-23-17)14-7-5-4-6-8-14/h4-12H,1-3H3,(H,21,26). The van der Waals surface area contributed by atoms with E-state index in [2.05, 4.69) is 20.8 Å². The van der Waals surface area contributed by atoms with Crippen LogP contribution in [-0.2, 0) is 0 Å². The van der Waals surface area contributed by atoms with Crippen LogP contribution < -0.4 is 5.32 Å². The number of rotatable bonds is 4. The summed E-state index contributed by atoms with van der Waals surface area (Å²) >= 11 is 0. The maximum absolute atomic E-state index is 12.3. The highest BCUT2D eigenvalue weighted by Crippen LogP contribution is 2.30. The van der Waals surface area contributed by atoms with Gasteiger partial charge >= 0.3 is 0 Å². The lowest BCUT2D eigenvalue weighted by molar-refractivity contribution is 0.0937. The Morgan fingerprint density at radius 3 is 2.67 bits per heavy atom. The van der Waals surface area contributed by atoms with Gasteiger partial charge in [-0.2, -0.15) is 0 Å². The Kier molecular flexibility index (Phi) is 4.19. The van der Waals surface area contributed by atoms with E-state index in [9.17, 15) is 4.79 Å². The van der Waals surface area contributed by atoms with Crippen molar-refractivity contribution in [1.82, 2.24) is 25.5 Å². The average molecular weight is 361 g/mol. The summed E-state index contributed by atoms with van der Waals surface area (Å²) < 4.78 is 7.20. The van der Waals surface area contributed by atoms with Crippen molar-refractivity contribution in [1.29, 1.82) is 0 Å². The first kappa shape index (κ1) is 17.0. The number of aromatic nitrogens is 4. The molecule has 0 unspecified atom stereocenters. The molecule has 2 aromatic heterocycles. The largest absolute Gasteiger partial charge is 0.355 e. The van der Waals surface area contributed by atoms with Crippen LogP contribution in [-0.4, -0.2) is 32.1 Å². The molecule has 0 saturated heterocycles. The maximum atomic E-state index is 12.3. The molecule has 27 heavy (non-hydrogen) atoms. The van der Waals surface area contributed by atoms with E-state index in [-0.39, 0.29) is 11.9 Å². The highest BCUT2D eigenvalue weighted by atomic mass is 16.5. The van der Waals surface area contributed by atoms with Crippen molar-refractivity contribution in [3.8, 4) is 17.0 Å². The van der Waals surface area contributed by atoms with Crippen molar-refractivity contribution in [2.75, 3.05) is 0 Å². The van der Waals surface area contributed by atoms with E-state index >= 15 is 0 Å². The maximum Gasteiger partial charge on any atom is 0.273 e. The molecule has 0 bridgehead atoms. The molecule has 2 aromatic carbocycles. The Morgan fingerprint density at radius 2 is 1.93 bits per heavy atom. The number of hydrogen-bond acceptors (Lipinski definition) is 5. The van der Waals surface area contributed by atoms with Gasteiger partial charge in [0, 0.05) is 11.6 Å². The molecule has 7 nitrogen and oxygen atoms in total. The van der Waals surface area contributed by atoms with Gasteiger partial charge in [-0.3, -0.25) is 4.79 Å². The van der Waals surface area contributed by atoms with Crippen LogP contribution in [0, 0.1) is 6.92 Å². The smallest absolute Gasteiger partial charge is 0.273 e. The number of carbonyl (C=O) groups excluding carboxylic acids is 1. The third-order valence-electron chi connectivity index (χ3n) is 4.27. The molecule has 0 saturated carbocycles. The van der Waals surface area contributed by atoms with Crippen LogP contribution in [0.5, 0.6) is 0 Å². The second-order valence-corrected chi connectivity index (χ2v) is 6.64. The van der Waals surface area contributed by atoms with Gasteiger partial charge in [-0.15, -0.1) is 5.10 Å². The van der Waals surface area contributed by atoms with Crippen LogP contribution in [0.1, 0.15) is 30.0 Å². The van der Waals surface area contributed by atoms with Gasteiger partial charge in [-0.25, -0.2) is 4.68 Å². The van der Waals surface area contributed by atoms with E-state index in [1.54, 1.807) is 4.68 Å². The molecule has 0 atom stereocenters. The van der Waals surface area contributed by atoms with Crippen molar-refractivity contribution in [3.63, 3.8) is 0 Å². The van der Waals surface area contributed by atoms with Crippen LogP contribution in [0.4, 0.5) is 0 Å². The molecular formula is C20H19N5O2. The lowest BCUT2D eigenvalue weighted by Gasteiger charge is -2.07. The zero-order valence-electron chi connectivity index (χ0n) is 15.3. The third-order valence-corrected chi connectivity index (χ3v) is 4.27. The monoisotopic (exact) mass is 361 g/mol. The highest BCUT2D eigenvalue weighted by molar-refractivity contribution is 5.94. The van der Waals surface area contributed by atoms with Crippen molar-refractivity contribution < 1.29 is 9.32 Å². The fraction of sp³-hybridized carbons (Fsp3) is 0.200. The molecule has 1 amide bonds. The van der Waals surface area contributed by atoms with E-state index in [0.717, 1.165) is 22.2 Å². The number of fused-ring (bicyclic) bond motifs is 1. The number of hydrogen-bond donors (Lipinski definition) is 1. The summed E-state index contributed by atoms with van der Waals surface area (Å²) in [7, 11) is 0. The predicted molar refractivity (Wildman–Crippen MR) is 102 cm³/mol. The average Bonchev–Trinajstić information content (AvgIpc) is 3.25. The van der Waals surface area contributed by atoms with E-state index in [1.807, 2.05) is 69.3 Å². The fourth-order valence-corrected chi connectivity index (χ4v) is 2.97. The molecule has 2 heterocycles. The van der Waals surface area contributed by atoms with Crippen LogP contribution in [0.2, 0.25) is 0 Å². The lowest BCUT2D eigenvalue weighted by Crippen LogP contribution is -2.30. The third kappa shape index (κ3) is 3.08. The van der Waals surface area contributed by atoms with Gasteiger partial charge < -0.3 is 9.84 Å². The molecule has 0 radical (unpaired) electrons. The molecule has 136 valence electrons. The van der Waals surface area contributed by atoms with Gasteiger partial charge in [0.2, 0.25) is 0 Å². The Bertz CT molecular complexity index is 1110. The van der Waals surface area contributed by atoms with E-state index in [1.165, 1.54) is 0 Å². The summed E-state index contributed by atoms with van der Waals surface area (Å²) in [6.45, 7) is 5.64. The number of amides is 1. The molecular weight excluding hydrogens is 342 g/mol. The number of nitrogens with one attached hydrogen (secondary N) is 1. The molecule has 0 fully saturated rings. The minimum atomic E-state index is -0.232. The van der Waals surface area contributed by atoms with Crippen molar-refractivity contribution >= 4 is 16.8 Å². The first-order valence-electron chi connectivity index (χ1n) is 8.73. The molecule has 0 spiro atoms. The molecule has 1 N–H and O–H groups in total. The SMILES string of the molecule is Cc1c(C(=O)NC(C)C)nnn1-c1ccc2noc(-c3ccccc3)c2c1. The summed E-state index contributed by atoms with van der Waals surface area (Å²) in [4.78, 5) is 12.3. The lowest BCUT2D eigenvalue weighted by atomic mass is 10.1. The molecule has 4 aromatic rings. The molecule has 0 aliphatic rings. The second kappa shape index (κ2) is 6.68. The van der Waals surface area contributed by atoms with Gasteiger partial charge in [-0.1, -0.05) is 40.7 Å². The van der Waals surface area contributed by atoms with Gasteiger partial charge in [0.05, 0.1) is 16.8 Å². The fourth-order valence-electron chi connectivity index (χ4n) is 2.97. The molecule has 4 rings (SSSR count). The zero-order valence-corrected chi connectivity index (χ0v) is 15.3. The second-order valence-electron chi connectivity index (χ2n) is 6.64. The van der Waals surface area contributed by atoms with Crippen LogP contribution in [0.25, 0.3) is 27.9 Å². The Labute approximate surface area is 156 Å². The normalized spacial score (nSPS) is 11.3. The Morgan fingerprint density at radius 1 is 1.15 bits per heavy atom. The number of nitrogens with zero attached hydrogens (tertiary/aromatic N) is 4. The first-order chi connectivity index (χ1) is 13.0. The Balaban J connectivity index is 1.77. The van der Waals surface area contributed by atoms with Gasteiger partial charge in [-0.05, 0) is 39.0 Å². The van der Waals surface area contributed by atoms with Crippen molar-refractivity contribution in [2.24, 2.45) is 0 Å². The summed E-state index contributed by atoms with van der Waals surface area (Å²) in [5, 5.41) is 16.1. The van der Waals surface area contributed by atoms with Crippen molar-refractivity contribution in [2.45, 2.75) is 26.8 Å². The van der Waals surface area contributed by atoms with Crippen LogP contribution in [0.3, 0.4) is 0 Å². The number of carbonyl (C=O) groups is 1. The highest BCUT2D eigenvalue weighted by Gasteiger charge is 2.19. The van der Waals surface area contributed by atoms with E-state index < -0.39 is 0 Å². The summed E-state index contributed by atoms with van der Waals surface area (Å²) in [6.07, 6.45) is 0. The minimum Gasteiger partial charge on any atom is -0.355 e. The topological polar surface area (TPSA) is 85.8 Å². The predicted octanol–water partition coefficient (Wildman–Crippen LogP) is 3.52. The van der Waals surface area contributed by atoms with Crippen LogP contribution >= 0.6 is 0 Å². The molecule has 0 aliphatic heterocycles. The first-order valence-corrected chi connectivity index (χ1v) is 8.73. The van der Waals surface area contributed by atoms with Gasteiger partial charge in [0.1, 0.15) is 5.52 Å². The summed E-state index contributed by atoms with van der Waals surface area (Å²) in [6, 6.07) is 15.5. The summed E-state index contributed by atoms with van der Waals surface area (Å²) in [5.74, 6) is 0.466. The molecule has 7 heteroatoms. The number of benzene rings is 2. The Hall–Kier alpha value is -3.48.